The molecule has 2 aliphatic carbocycles. The number of alkyl halides is 6. The number of imide groups is 1. The molecular weight excluding hydrogens is 721 g/mol. The van der Waals surface area contributed by atoms with Gasteiger partial charge >= 0.3 is 17.2 Å². The van der Waals surface area contributed by atoms with E-state index in [1.54, 1.807) is 18.2 Å². The van der Waals surface area contributed by atoms with Gasteiger partial charge in [0, 0.05) is 21.7 Å². The van der Waals surface area contributed by atoms with Crippen molar-refractivity contribution in [1.82, 2.24) is 4.98 Å². The first-order valence-electron chi connectivity index (χ1n) is 15.8. The molecule has 4 aromatic rings. The van der Waals surface area contributed by atoms with E-state index in [4.69, 9.17) is 4.74 Å². The molecule has 51 heavy (non-hydrogen) atoms. The van der Waals surface area contributed by atoms with Crippen LogP contribution in [-0.2, 0) is 26.7 Å². The number of hydrogen-bond donors (Lipinski definition) is 2. The molecule has 2 aliphatic heterocycles. The van der Waals surface area contributed by atoms with E-state index < -0.39 is 65.6 Å². The Balaban J connectivity index is 1.06. The van der Waals surface area contributed by atoms with Gasteiger partial charge in [0.15, 0.2) is 6.61 Å². The van der Waals surface area contributed by atoms with Gasteiger partial charge in [-0.15, -0.1) is 11.8 Å². The average molecular weight is 746 g/mol. The van der Waals surface area contributed by atoms with Crippen molar-refractivity contribution in [1.29, 1.82) is 0 Å². The maximum Gasteiger partial charge on any atom is 0.416 e. The van der Waals surface area contributed by atoms with Gasteiger partial charge in [0.05, 0.1) is 33.7 Å². The fourth-order valence-corrected chi connectivity index (χ4v) is 11.3. The highest BCUT2D eigenvalue weighted by Gasteiger charge is 2.69. The van der Waals surface area contributed by atoms with Gasteiger partial charge in [0.2, 0.25) is 11.8 Å². The molecule has 0 spiro atoms. The number of nitrogens with one attached hydrogen (secondary N) is 2. The second kappa shape index (κ2) is 12.0. The number of thioether (sulfide) groups is 1. The molecule has 7 atom stereocenters. The third-order valence-electron chi connectivity index (χ3n) is 10.2. The van der Waals surface area contributed by atoms with E-state index in [-0.39, 0.29) is 45.0 Å². The molecule has 3 heterocycles. The summed E-state index contributed by atoms with van der Waals surface area (Å²) in [6.07, 6.45) is -8.68. The third kappa shape index (κ3) is 5.72. The van der Waals surface area contributed by atoms with Crippen molar-refractivity contribution in [3.05, 3.63) is 104 Å². The van der Waals surface area contributed by atoms with Crippen LogP contribution in [0, 0.1) is 29.6 Å². The van der Waals surface area contributed by atoms with Crippen LogP contribution in [0.25, 0.3) is 0 Å². The van der Waals surface area contributed by atoms with Gasteiger partial charge in [-0.05, 0) is 78.3 Å². The first-order valence-corrected chi connectivity index (χ1v) is 17.5. The SMILES string of the molecule is O=C(COc1cccc([C@H]2c3sc(=O)[nH]c3SC3C4CC(C5C(=O)N(c6cccc(C(F)(F)F)c6)C(=O)C45)C32)c1)Nc1cccc(C(F)(F)F)c1. The molecule has 2 saturated carbocycles. The summed E-state index contributed by atoms with van der Waals surface area (Å²) in [5.41, 5.74) is -1.31. The number of H-pyrrole nitrogens is 1. The number of nitrogens with zero attached hydrogens (tertiary/aromatic N) is 1. The molecule has 16 heteroatoms. The van der Waals surface area contributed by atoms with Crippen LogP contribution in [0.4, 0.5) is 37.7 Å². The highest BCUT2D eigenvalue weighted by molar-refractivity contribution is 8.00. The lowest BCUT2D eigenvalue weighted by Crippen LogP contribution is -2.42. The summed E-state index contributed by atoms with van der Waals surface area (Å²) in [5, 5.41) is 2.87. The predicted octanol–water partition coefficient (Wildman–Crippen LogP) is 7.17. The number of anilines is 2. The van der Waals surface area contributed by atoms with Gasteiger partial charge in [0.1, 0.15) is 5.75 Å². The summed E-state index contributed by atoms with van der Waals surface area (Å²) < 4.78 is 85.6. The Bertz CT molecular complexity index is 2150. The molecule has 1 saturated heterocycles. The van der Waals surface area contributed by atoms with Crippen LogP contribution < -0.4 is 19.8 Å². The summed E-state index contributed by atoms with van der Waals surface area (Å²) >= 11 is 2.50. The molecule has 2 bridgehead atoms. The molecule has 3 aromatic carbocycles. The largest absolute Gasteiger partial charge is 0.484 e. The topological polar surface area (TPSA) is 109 Å². The van der Waals surface area contributed by atoms with Gasteiger partial charge in [-0.2, -0.15) is 26.3 Å². The van der Waals surface area contributed by atoms with Crippen molar-refractivity contribution in [3.63, 3.8) is 0 Å². The molecule has 4 aliphatic rings. The van der Waals surface area contributed by atoms with Gasteiger partial charge in [-0.3, -0.25) is 24.1 Å². The zero-order valence-corrected chi connectivity index (χ0v) is 27.6. The van der Waals surface area contributed by atoms with Crippen molar-refractivity contribution < 1.29 is 45.5 Å². The summed E-state index contributed by atoms with van der Waals surface area (Å²) in [6.45, 7) is -0.508. The molecule has 2 N–H and O–H groups in total. The van der Waals surface area contributed by atoms with Crippen LogP contribution in [0.2, 0.25) is 0 Å². The Labute approximate surface area is 293 Å². The summed E-state index contributed by atoms with van der Waals surface area (Å²) in [4.78, 5) is 57.3. The number of ether oxygens (including phenoxy) is 1. The number of carbonyl (C=O) groups is 3. The number of benzene rings is 3. The average Bonchev–Trinajstić information content (AvgIpc) is 3.82. The molecular formula is C35H25F6N3O5S2. The van der Waals surface area contributed by atoms with E-state index in [0.29, 0.717) is 11.4 Å². The van der Waals surface area contributed by atoms with Crippen LogP contribution in [0.1, 0.15) is 33.9 Å². The van der Waals surface area contributed by atoms with E-state index in [1.807, 2.05) is 6.07 Å². The van der Waals surface area contributed by atoms with Crippen molar-refractivity contribution in [3.8, 4) is 5.75 Å². The maximum atomic E-state index is 14.0. The molecule has 6 unspecified atom stereocenters. The van der Waals surface area contributed by atoms with Gasteiger partial charge in [-0.25, -0.2) is 0 Å². The minimum atomic E-state index is -4.66. The number of rotatable bonds is 6. The zero-order chi connectivity index (χ0) is 36.0. The summed E-state index contributed by atoms with van der Waals surface area (Å²) in [5.74, 6) is -4.07. The molecule has 264 valence electrons. The highest BCUT2D eigenvalue weighted by Crippen LogP contribution is 2.68. The second-order valence-electron chi connectivity index (χ2n) is 13.0. The normalized spacial score (nSPS) is 26.5. The smallest absolute Gasteiger partial charge is 0.416 e. The Morgan fingerprint density at radius 3 is 2.25 bits per heavy atom. The molecule has 8 rings (SSSR count). The number of halogens is 6. The lowest BCUT2D eigenvalue weighted by Gasteiger charge is -2.43. The fourth-order valence-electron chi connectivity index (χ4n) is 8.38. The van der Waals surface area contributed by atoms with Crippen LogP contribution in [-0.4, -0.2) is 34.6 Å². The van der Waals surface area contributed by atoms with Crippen LogP contribution in [0.15, 0.2) is 82.6 Å². The number of aromatic nitrogens is 1. The van der Waals surface area contributed by atoms with Crippen molar-refractivity contribution in [2.75, 3.05) is 16.8 Å². The van der Waals surface area contributed by atoms with Gasteiger partial charge in [0.25, 0.3) is 5.91 Å². The van der Waals surface area contributed by atoms with E-state index in [2.05, 4.69) is 10.3 Å². The van der Waals surface area contributed by atoms with E-state index in [9.17, 15) is 45.5 Å². The fraction of sp³-hybridized carbons (Fsp3) is 0.314. The quantitative estimate of drug-likeness (QED) is 0.160. The summed E-state index contributed by atoms with van der Waals surface area (Å²) in [7, 11) is 0. The Kier molecular flexibility index (Phi) is 7.90. The van der Waals surface area contributed by atoms with E-state index >= 15 is 0 Å². The van der Waals surface area contributed by atoms with Crippen LogP contribution in [0.5, 0.6) is 5.75 Å². The van der Waals surface area contributed by atoms with Crippen molar-refractivity contribution in [2.45, 2.75) is 35.0 Å². The highest BCUT2D eigenvalue weighted by atomic mass is 32.2. The maximum absolute atomic E-state index is 14.0. The lowest BCUT2D eigenvalue weighted by molar-refractivity contribution is -0.138. The molecule has 3 fully saturated rings. The number of hydrogen-bond acceptors (Lipinski definition) is 7. The monoisotopic (exact) mass is 745 g/mol. The minimum Gasteiger partial charge on any atom is -0.484 e. The Morgan fingerprint density at radius 2 is 1.53 bits per heavy atom. The first kappa shape index (κ1) is 33.6. The van der Waals surface area contributed by atoms with Crippen LogP contribution in [0.3, 0.4) is 0 Å². The van der Waals surface area contributed by atoms with Crippen molar-refractivity contribution >= 4 is 52.2 Å². The number of aromatic amines is 1. The standard InChI is InChI=1S/C35H25F6N3O5S2/c36-34(37,38)16-5-2-7-18(11-16)42-23(45)14-49-20-9-1-4-15(10-20)24-25-21-13-22(28(25)50-30-29(24)51-33(48)43-30)27-26(21)31(46)44(32(27)47)19-8-3-6-17(12-19)35(39,40)41/h1-12,21-22,24-28H,13-14H2,(H,42,45)(H,43,48)/t21?,22?,24-,25?,26?,27?,28?/m1/s1. The molecule has 1 aromatic heterocycles. The lowest BCUT2D eigenvalue weighted by atomic mass is 9.68. The van der Waals surface area contributed by atoms with Gasteiger partial charge in [-0.1, -0.05) is 35.6 Å². The Hall–Kier alpha value is -4.57. The number of amides is 3. The molecule has 8 nitrogen and oxygen atoms in total. The third-order valence-corrected chi connectivity index (χ3v) is 12.8. The predicted molar refractivity (Wildman–Crippen MR) is 174 cm³/mol. The van der Waals surface area contributed by atoms with Crippen LogP contribution >= 0.6 is 23.1 Å². The second-order valence-corrected chi connectivity index (χ2v) is 15.2. The van der Waals surface area contributed by atoms with Crippen molar-refractivity contribution in [2.24, 2.45) is 29.6 Å². The summed E-state index contributed by atoms with van der Waals surface area (Å²) in [6, 6.07) is 15.3. The van der Waals surface area contributed by atoms with E-state index in [1.165, 1.54) is 36.0 Å². The molecule has 3 amide bonds. The zero-order valence-electron chi connectivity index (χ0n) is 26.0. The Morgan fingerprint density at radius 1 is 0.863 bits per heavy atom. The number of fused-ring (bicyclic) bond motifs is 9. The first-order chi connectivity index (χ1) is 24.2. The minimum absolute atomic E-state index is 0.0473. The number of carbonyl (C=O) groups excluding carboxylic acids is 3. The molecule has 0 radical (unpaired) electrons. The number of thiazole rings is 1. The van der Waals surface area contributed by atoms with E-state index in [0.717, 1.165) is 50.9 Å². The van der Waals surface area contributed by atoms with Gasteiger partial charge < -0.3 is 15.0 Å².